The van der Waals surface area contributed by atoms with Crippen molar-refractivity contribution in [1.29, 1.82) is 5.26 Å². The molecule has 2 aromatic carbocycles. The lowest BCUT2D eigenvalue weighted by atomic mass is 10.2. The summed E-state index contributed by atoms with van der Waals surface area (Å²) in [5.41, 5.74) is 3.05. The Bertz CT molecular complexity index is 967. The molecule has 0 unspecified atom stereocenters. The first-order chi connectivity index (χ1) is 11.8. The Labute approximate surface area is 137 Å². The second-order valence-electron chi connectivity index (χ2n) is 5.31. The van der Waals surface area contributed by atoms with E-state index in [2.05, 4.69) is 10.3 Å². The summed E-state index contributed by atoms with van der Waals surface area (Å²) in [6, 6.07) is 16.3. The van der Waals surface area contributed by atoms with Crippen molar-refractivity contribution in [2.24, 2.45) is 0 Å². The zero-order valence-electron chi connectivity index (χ0n) is 12.6. The Balaban J connectivity index is 1.63. The van der Waals surface area contributed by atoms with E-state index >= 15 is 0 Å². The van der Waals surface area contributed by atoms with Gasteiger partial charge in [0.2, 0.25) is 0 Å². The van der Waals surface area contributed by atoms with E-state index in [1.165, 1.54) is 0 Å². The summed E-state index contributed by atoms with van der Waals surface area (Å²) in [7, 11) is 0. The van der Waals surface area contributed by atoms with Gasteiger partial charge in [-0.1, -0.05) is 12.1 Å². The number of anilines is 1. The highest BCUT2D eigenvalue weighted by atomic mass is 16.5. The molecule has 6 heteroatoms. The smallest absolute Gasteiger partial charge is 0.276 e. The summed E-state index contributed by atoms with van der Waals surface area (Å²) in [6.07, 6.45) is 1.63. The van der Waals surface area contributed by atoms with Crippen LogP contribution in [0.4, 0.5) is 5.69 Å². The van der Waals surface area contributed by atoms with Gasteiger partial charge in [0.05, 0.1) is 23.0 Å². The van der Waals surface area contributed by atoms with Crippen LogP contribution < -0.4 is 10.1 Å². The molecule has 0 fully saturated rings. The quantitative estimate of drug-likeness (QED) is 0.788. The van der Waals surface area contributed by atoms with Crippen molar-refractivity contribution in [2.45, 2.75) is 6.61 Å². The Morgan fingerprint density at radius 1 is 1.21 bits per heavy atom. The predicted octanol–water partition coefficient (Wildman–Crippen LogP) is 2.89. The molecule has 0 saturated heterocycles. The Morgan fingerprint density at radius 3 is 2.79 bits per heavy atom. The first kappa shape index (κ1) is 14.0. The molecule has 1 aliphatic rings. The summed E-state index contributed by atoms with van der Waals surface area (Å²) in [4.78, 5) is 16.8. The zero-order valence-corrected chi connectivity index (χ0v) is 12.6. The third-order valence-corrected chi connectivity index (χ3v) is 3.84. The lowest BCUT2D eigenvalue weighted by molar-refractivity contribution is 0.101. The van der Waals surface area contributed by atoms with Crippen molar-refractivity contribution in [3.05, 3.63) is 71.8 Å². The second-order valence-corrected chi connectivity index (χ2v) is 5.31. The van der Waals surface area contributed by atoms with E-state index in [4.69, 9.17) is 10.00 Å². The van der Waals surface area contributed by atoms with Gasteiger partial charge in [-0.05, 0) is 36.4 Å². The molecule has 6 nitrogen and oxygen atoms in total. The maximum Gasteiger partial charge on any atom is 0.276 e. The average molecular weight is 316 g/mol. The topological polar surface area (TPSA) is 79.9 Å². The first-order valence-corrected chi connectivity index (χ1v) is 7.36. The number of nitrogens with zero attached hydrogens (tertiary/aromatic N) is 3. The van der Waals surface area contributed by atoms with E-state index < -0.39 is 0 Å². The fourth-order valence-electron chi connectivity index (χ4n) is 2.65. The van der Waals surface area contributed by atoms with E-state index in [0.717, 1.165) is 11.4 Å². The number of benzene rings is 2. The highest BCUT2D eigenvalue weighted by Crippen LogP contribution is 2.30. The minimum absolute atomic E-state index is 0.285. The molecule has 3 aromatic rings. The first-order valence-electron chi connectivity index (χ1n) is 7.36. The van der Waals surface area contributed by atoms with Gasteiger partial charge in [0.1, 0.15) is 18.7 Å². The van der Waals surface area contributed by atoms with Crippen LogP contribution in [0.25, 0.3) is 5.69 Å². The van der Waals surface area contributed by atoms with Gasteiger partial charge >= 0.3 is 0 Å². The lowest BCUT2D eigenvalue weighted by Gasteiger charge is -2.20. The molecule has 1 amide bonds. The number of fused-ring (bicyclic) bond motifs is 3. The minimum Gasteiger partial charge on any atom is -0.485 e. The number of aromatic nitrogens is 2. The van der Waals surface area contributed by atoms with Gasteiger partial charge < -0.3 is 10.1 Å². The molecule has 1 aromatic heterocycles. The third kappa shape index (κ3) is 2.29. The molecule has 0 saturated carbocycles. The van der Waals surface area contributed by atoms with Gasteiger partial charge in [-0.15, -0.1) is 0 Å². The standard InChI is InChI=1S/C18H12N4O2/c19-9-12-5-7-13(8-6-12)21-18(23)17-15-10-24-16-4-2-1-3-14(16)22(15)11-20-17/h1-8,11H,10H2,(H,21,23). The summed E-state index contributed by atoms with van der Waals surface area (Å²) in [6.45, 7) is 0.285. The van der Waals surface area contributed by atoms with Gasteiger partial charge in [-0.25, -0.2) is 4.98 Å². The molecule has 0 bridgehead atoms. The predicted molar refractivity (Wildman–Crippen MR) is 87.0 cm³/mol. The summed E-state index contributed by atoms with van der Waals surface area (Å²) >= 11 is 0. The molecule has 1 N–H and O–H groups in total. The molecule has 2 heterocycles. The van der Waals surface area contributed by atoms with Crippen LogP contribution in [-0.2, 0) is 6.61 Å². The highest BCUT2D eigenvalue weighted by molar-refractivity contribution is 6.03. The number of carbonyl (C=O) groups is 1. The van der Waals surface area contributed by atoms with E-state index in [1.54, 1.807) is 30.6 Å². The third-order valence-electron chi connectivity index (χ3n) is 3.84. The highest BCUT2D eigenvalue weighted by Gasteiger charge is 2.24. The fourth-order valence-corrected chi connectivity index (χ4v) is 2.65. The van der Waals surface area contributed by atoms with Gasteiger partial charge in [-0.2, -0.15) is 5.26 Å². The van der Waals surface area contributed by atoms with E-state index in [9.17, 15) is 4.79 Å². The van der Waals surface area contributed by atoms with Crippen molar-refractivity contribution in [3.63, 3.8) is 0 Å². The number of nitrogens with one attached hydrogen (secondary N) is 1. The molecule has 1 aliphatic heterocycles. The molecule has 0 atom stereocenters. The van der Waals surface area contributed by atoms with Crippen molar-refractivity contribution in [3.8, 4) is 17.5 Å². The molecule has 116 valence electrons. The molecular weight excluding hydrogens is 304 g/mol. The molecule has 0 radical (unpaired) electrons. The van der Waals surface area contributed by atoms with Gasteiger partial charge in [-0.3, -0.25) is 9.36 Å². The van der Waals surface area contributed by atoms with Crippen molar-refractivity contribution >= 4 is 11.6 Å². The normalized spacial score (nSPS) is 11.6. The zero-order chi connectivity index (χ0) is 16.5. The Hall–Kier alpha value is -3.59. The SMILES string of the molecule is N#Cc1ccc(NC(=O)c2ncn3c2COc2ccccc2-3)cc1. The number of nitriles is 1. The number of hydrogen-bond acceptors (Lipinski definition) is 4. The van der Waals surface area contributed by atoms with Crippen LogP contribution in [0.2, 0.25) is 0 Å². The average Bonchev–Trinajstić information content (AvgIpc) is 3.07. The number of ether oxygens (including phenoxy) is 1. The number of para-hydroxylation sites is 2. The summed E-state index contributed by atoms with van der Waals surface area (Å²) in [5, 5.41) is 11.6. The van der Waals surface area contributed by atoms with Crippen LogP contribution in [0.5, 0.6) is 5.75 Å². The molecule has 24 heavy (non-hydrogen) atoms. The number of amides is 1. The number of imidazole rings is 1. The molecule has 4 rings (SSSR count). The van der Waals surface area contributed by atoms with Gasteiger partial charge in [0.15, 0.2) is 5.69 Å². The van der Waals surface area contributed by atoms with Gasteiger partial charge in [0, 0.05) is 5.69 Å². The fraction of sp³-hybridized carbons (Fsp3) is 0.0556. The largest absolute Gasteiger partial charge is 0.485 e. The monoisotopic (exact) mass is 316 g/mol. The molecular formula is C18H12N4O2. The number of carbonyl (C=O) groups excluding carboxylic acids is 1. The van der Waals surface area contributed by atoms with Crippen molar-refractivity contribution < 1.29 is 9.53 Å². The van der Waals surface area contributed by atoms with Crippen molar-refractivity contribution in [1.82, 2.24) is 9.55 Å². The molecule has 0 spiro atoms. The molecule has 0 aliphatic carbocycles. The minimum atomic E-state index is -0.309. The van der Waals surface area contributed by atoms with Gasteiger partial charge in [0.25, 0.3) is 5.91 Å². The van der Waals surface area contributed by atoms with Crippen LogP contribution in [-0.4, -0.2) is 15.5 Å². The number of rotatable bonds is 2. The van der Waals surface area contributed by atoms with Crippen LogP contribution in [0.15, 0.2) is 54.9 Å². The van der Waals surface area contributed by atoms with Crippen LogP contribution >= 0.6 is 0 Å². The number of hydrogen-bond donors (Lipinski definition) is 1. The van der Waals surface area contributed by atoms with E-state index in [0.29, 0.717) is 22.6 Å². The van der Waals surface area contributed by atoms with Crippen LogP contribution in [0.3, 0.4) is 0 Å². The van der Waals surface area contributed by atoms with E-state index in [1.807, 2.05) is 34.9 Å². The van der Waals surface area contributed by atoms with Crippen molar-refractivity contribution in [2.75, 3.05) is 5.32 Å². The second kappa shape index (κ2) is 5.56. The van der Waals surface area contributed by atoms with Crippen LogP contribution in [0, 0.1) is 11.3 Å². The van der Waals surface area contributed by atoms with Crippen LogP contribution in [0.1, 0.15) is 21.7 Å². The maximum absolute atomic E-state index is 12.5. The van der Waals surface area contributed by atoms with E-state index in [-0.39, 0.29) is 12.5 Å². The Kier molecular flexibility index (Phi) is 3.25. The summed E-state index contributed by atoms with van der Waals surface area (Å²) in [5.74, 6) is 0.456. The summed E-state index contributed by atoms with van der Waals surface area (Å²) < 4.78 is 7.57. The Morgan fingerprint density at radius 2 is 2.00 bits per heavy atom. The maximum atomic E-state index is 12.5. The lowest BCUT2D eigenvalue weighted by Crippen LogP contribution is -2.19.